The molecule has 0 atom stereocenters. The second kappa shape index (κ2) is 9.43. The zero-order chi connectivity index (χ0) is 18.2. The Hall–Kier alpha value is -2.28. The molecule has 2 nitrogen and oxygen atoms in total. The van der Waals surface area contributed by atoms with Gasteiger partial charge in [-0.25, -0.2) is 4.98 Å². The second-order valence-corrected chi connectivity index (χ2v) is 5.46. The third kappa shape index (κ3) is 4.46. The van der Waals surface area contributed by atoms with Crippen LogP contribution in [0.4, 0.5) is 0 Å². The average molecular weight is 538 g/mol. The van der Waals surface area contributed by atoms with Crippen molar-refractivity contribution in [3.05, 3.63) is 97.1 Å². The summed E-state index contributed by atoms with van der Waals surface area (Å²) < 4.78 is 0. The summed E-state index contributed by atoms with van der Waals surface area (Å²) in [5.74, 6) is 0. The van der Waals surface area contributed by atoms with Crippen LogP contribution in [0.15, 0.2) is 91.0 Å². The molecule has 0 aliphatic heterocycles. The molecule has 0 unspecified atom stereocenters. The molecule has 0 aliphatic carbocycles. The summed E-state index contributed by atoms with van der Waals surface area (Å²) in [6.07, 6.45) is 0. The molecule has 0 bridgehead atoms. The predicted molar refractivity (Wildman–Crippen MR) is 103 cm³/mol. The summed E-state index contributed by atoms with van der Waals surface area (Å²) in [5.41, 5.74) is 5.67. The van der Waals surface area contributed by atoms with E-state index in [2.05, 4.69) is 27.6 Å². The normalized spacial score (nSPS) is 9.96. The Labute approximate surface area is 168 Å². The molecule has 0 saturated heterocycles. The molecule has 0 aliphatic rings. The van der Waals surface area contributed by atoms with Crippen LogP contribution >= 0.6 is 9.42 Å². The Morgan fingerprint density at radius 1 is 0.577 bits per heavy atom. The Morgan fingerprint density at radius 2 is 1.15 bits per heavy atom. The first kappa shape index (κ1) is 18.5. The summed E-state index contributed by atoms with van der Waals surface area (Å²) in [4.78, 5) is 9.53. The van der Waals surface area contributed by atoms with Crippen molar-refractivity contribution in [2.75, 3.05) is 0 Å². The molecule has 2 aromatic carbocycles. The summed E-state index contributed by atoms with van der Waals surface area (Å²) in [6.45, 7) is 0. The van der Waals surface area contributed by atoms with Crippen LogP contribution in [0.25, 0.3) is 33.9 Å². The molecule has 4 aromatic rings. The van der Waals surface area contributed by atoms with Crippen molar-refractivity contribution in [2.45, 2.75) is 0 Å². The van der Waals surface area contributed by atoms with Crippen LogP contribution in [0.5, 0.6) is 0 Å². The molecule has 0 spiro atoms. The SMILES string of the molecule is [Cl][Pt+].[c-]1ccccc1-c1cccc(-c2cccc(-c3ccccc3)n2)n1. The summed E-state index contributed by atoms with van der Waals surface area (Å²) >= 11 is 1.61. The van der Waals surface area contributed by atoms with Crippen molar-refractivity contribution in [1.29, 1.82) is 0 Å². The number of nitrogens with zero attached hydrogens (tertiary/aromatic N) is 2. The molecule has 130 valence electrons. The van der Waals surface area contributed by atoms with Crippen molar-refractivity contribution in [2.24, 2.45) is 0 Å². The van der Waals surface area contributed by atoms with Crippen LogP contribution in [-0.2, 0) is 18.8 Å². The maximum Gasteiger partial charge on any atom is 0.0884 e. The van der Waals surface area contributed by atoms with Gasteiger partial charge in [-0.1, -0.05) is 48.5 Å². The molecule has 4 heteroatoms. The fraction of sp³-hybridized carbons (Fsp3) is 0. The van der Waals surface area contributed by atoms with E-state index in [-0.39, 0.29) is 0 Å². The zero-order valence-corrected chi connectivity index (χ0v) is 16.8. The van der Waals surface area contributed by atoms with Gasteiger partial charge in [0.05, 0.1) is 17.1 Å². The first-order valence-corrected chi connectivity index (χ1v) is 10.8. The van der Waals surface area contributed by atoms with E-state index in [0.29, 0.717) is 0 Å². The van der Waals surface area contributed by atoms with E-state index >= 15 is 0 Å². The number of hydrogen-bond acceptors (Lipinski definition) is 2. The van der Waals surface area contributed by atoms with Gasteiger partial charge in [-0.15, -0.1) is 35.9 Å². The number of pyridine rings is 2. The van der Waals surface area contributed by atoms with Crippen LogP contribution in [0.1, 0.15) is 0 Å². The van der Waals surface area contributed by atoms with Gasteiger partial charge in [0.25, 0.3) is 0 Å². The number of halogens is 1. The van der Waals surface area contributed by atoms with E-state index in [1.54, 1.807) is 18.8 Å². The maximum atomic E-state index is 4.78. The molecule has 0 fully saturated rings. The minimum absolute atomic E-state index is 0.863. The molecule has 0 N–H and O–H groups in total. The van der Waals surface area contributed by atoms with E-state index in [1.807, 2.05) is 78.9 Å². The van der Waals surface area contributed by atoms with Crippen LogP contribution in [0.2, 0.25) is 0 Å². The van der Waals surface area contributed by atoms with Crippen LogP contribution in [-0.4, -0.2) is 9.97 Å². The zero-order valence-electron chi connectivity index (χ0n) is 13.7. The van der Waals surface area contributed by atoms with E-state index in [4.69, 9.17) is 9.97 Å². The van der Waals surface area contributed by atoms with Gasteiger partial charge in [0, 0.05) is 5.56 Å². The third-order valence-electron chi connectivity index (χ3n) is 3.82. The van der Waals surface area contributed by atoms with E-state index in [9.17, 15) is 0 Å². The smallest absolute Gasteiger partial charge is 0.0884 e. The monoisotopic (exact) mass is 537 g/mol. The van der Waals surface area contributed by atoms with Crippen molar-refractivity contribution in [3.63, 3.8) is 0 Å². The number of benzene rings is 2. The molecule has 0 saturated carbocycles. The number of rotatable bonds is 3. The van der Waals surface area contributed by atoms with Crippen LogP contribution in [0.3, 0.4) is 0 Å². The molecule has 26 heavy (non-hydrogen) atoms. The predicted octanol–water partition coefficient (Wildman–Crippen LogP) is 5.96. The average Bonchev–Trinajstić information content (AvgIpc) is 2.77. The Kier molecular flexibility index (Phi) is 6.71. The quantitative estimate of drug-likeness (QED) is 0.301. The van der Waals surface area contributed by atoms with E-state index < -0.39 is 0 Å². The summed E-state index contributed by atoms with van der Waals surface area (Å²) in [6, 6.07) is 33.3. The van der Waals surface area contributed by atoms with Crippen molar-refractivity contribution >= 4 is 9.42 Å². The first-order valence-electron chi connectivity index (χ1n) is 7.99. The minimum Gasteiger partial charge on any atom is -0.295 e. The molecular weight excluding hydrogens is 523 g/mol. The fourth-order valence-electron chi connectivity index (χ4n) is 2.63. The fourth-order valence-corrected chi connectivity index (χ4v) is 2.63. The van der Waals surface area contributed by atoms with Crippen molar-refractivity contribution in [3.8, 4) is 33.9 Å². The van der Waals surface area contributed by atoms with Crippen LogP contribution < -0.4 is 0 Å². The Balaban J connectivity index is 0.000000948. The molecule has 2 heterocycles. The van der Waals surface area contributed by atoms with E-state index in [1.165, 1.54) is 0 Å². The Bertz CT molecular complexity index is 879. The number of hydrogen-bond donors (Lipinski definition) is 0. The van der Waals surface area contributed by atoms with Gasteiger partial charge in [-0.2, -0.15) is 0 Å². The minimum atomic E-state index is 0.863. The third-order valence-corrected chi connectivity index (χ3v) is 3.82. The maximum absolute atomic E-state index is 4.78. The van der Waals surface area contributed by atoms with Crippen molar-refractivity contribution < 1.29 is 18.8 Å². The van der Waals surface area contributed by atoms with Gasteiger partial charge in [-0.05, 0) is 23.9 Å². The largest absolute Gasteiger partial charge is 0.295 e. The molecule has 0 amide bonds. The van der Waals surface area contributed by atoms with Crippen molar-refractivity contribution in [1.82, 2.24) is 9.97 Å². The second-order valence-electron chi connectivity index (χ2n) is 5.46. The van der Waals surface area contributed by atoms with Gasteiger partial charge in [0.2, 0.25) is 0 Å². The molecule has 4 rings (SSSR count). The van der Waals surface area contributed by atoms with Crippen LogP contribution in [0, 0.1) is 6.07 Å². The van der Waals surface area contributed by atoms with Gasteiger partial charge < -0.3 is 0 Å². The topological polar surface area (TPSA) is 25.8 Å². The first-order chi connectivity index (χ1) is 12.9. The standard InChI is InChI=1S/C22H15N2.ClH.Pt/c1-3-9-17(10-4-1)19-13-7-15-21(23-19)22-16-8-14-20(24-22)18-11-5-2-6-12-18;;/h1-11,13-16H;1H;/q-1;;+2/p-1. The molecular formula is C22H15ClN2Pt. The molecule has 0 radical (unpaired) electrons. The van der Waals surface area contributed by atoms with Gasteiger partial charge in [-0.3, -0.25) is 4.98 Å². The summed E-state index contributed by atoms with van der Waals surface area (Å²) in [5, 5.41) is 0. The summed E-state index contributed by atoms with van der Waals surface area (Å²) in [7, 11) is 4.61. The van der Waals surface area contributed by atoms with Gasteiger partial charge >= 0.3 is 28.2 Å². The van der Waals surface area contributed by atoms with Gasteiger partial charge in [0.1, 0.15) is 0 Å². The Morgan fingerprint density at radius 3 is 1.81 bits per heavy atom. The molecule has 2 aromatic heterocycles. The van der Waals surface area contributed by atoms with Gasteiger partial charge in [0.15, 0.2) is 0 Å². The number of aromatic nitrogens is 2. The van der Waals surface area contributed by atoms with E-state index in [0.717, 1.165) is 33.9 Å².